The van der Waals surface area contributed by atoms with Gasteiger partial charge in [0.1, 0.15) is 0 Å². The van der Waals surface area contributed by atoms with Crippen LogP contribution in [0.5, 0.6) is 0 Å². The molecule has 2 aliphatic heterocycles. The lowest BCUT2D eigenvalue weighted by Gasteiger charge is -2.18. The van der Waals surface area contributed by atoms with E-state index in [4.69, 9.17) is 10.7 Å². The van der Waals surface area contributed by atoms with E-state index in [9.17, 15) is 13.2 Å². The Morgan fingerprint density at radius 2 is 1.79 bits per heavy atom. The number of nitrogens with zero attached hydrogens (tertiary/aromatic N) is 2. The van der Waals surface area contributed by atoms with E-state index in [0.29, 0.717) is 6.54 Å². The van der Waals surface area contributed by atoms with Crippen LogP contribution >= 0.6 is 10.7 Å². The lowest BCUT2D eigenvalue weighted by atomic mass is 10.1. The molecule has 0 saturated carbocycles. The third-order valence-corrected chi connectivity index (χ3v) is 6.05. The van der Waals surface area contributed by atoms with Gasteiger partial charge in [-0.1, -0.05) is 12.1 Å². The summed E-state index contributed by atoms with van der Waals surface area (Å²) in [5.74, 6) is -0.412. The SMILES string of the molecule is O=C1CC(CS(=O)(=O)Cl)CN1c1ccc(CCN2CCCC2)cc1. The first-order chi connectivity index (χ1) is 11.4. The van der Waals surface area contributed by atoms with Crippen LogP contribution in [0.3, 0.4) is 0 Å². The maximum absolute atomic E-state index is 12.1. The average molecular weight is 371 g/mol. The molecular formula is C17H23ClN2O3S. The van der Waals surface area contributed by atoms with Gasteiger partial charge in [0.25, 0.3) is 0 Å². The third-order valence-electron chi connectivity index (χ3n) is 4.80. The molecule has 2 aliphatic rings. The molecule has 0 radical (unpaired) electrons. The minimum atomic E-state index is -3.57. The van der Waals surface area contributed by atoms with Gasteiger partial charge in [0.05, 0.1) is 5.75 Å². The predicted molar refractivity (Wildman–Crippen MR) is 95.9 cm³/mol. The number of hydrogen-bond acceptors (Lipinski definition) is 4. The van der Waals surface area contributed by atoms with Gasteiger partial charge in [-0.25, -0.2) is 8.42 Å². The van der Waals surface area contributed by atoms with Crippen LogP contribution in [-0.4, -0.2) is 51.2 Å². The number of carbonyl (C=O) groups excluding carboxylic acids is 1. The molecule has 1 aromatic rings. The van der Waals surface area contributed by atoms with Crippen molar-refractivity contribution < 1.29 is 13.2 Å². The van der Waals surface area contributed by atoms with Crippen LogP contribution in [0.15, 0.2) is 24.3 Å². The van der Waals surface area contributed by atoms with Gasteiger partial charge in [0.2, 0.25) is 15.0 Å². The van der Waals surface area contributed by atoms with Crippen molar-refractivity contribution in [2.75, 3.05) is 36.8 Å². The molecule has 1 atom stereocenters. The summed E-state index contributed by atoms with van der Waals surface area (Å²) in [7, 11) is 1.73. The molecule has 24 heavy (non-hydrogen) atoms. The van der Waals surface area contributed by atoms with Crippen molar-refractivity contribution in [3.8, 4) is 0 Å². The molecule has 0 aromatic heterocycles. The summed E-state index contributed by atoms with van der Waals surface area (Å²) >= 11 is 0. The Bertz CT molecular complexity index is 684. The molecule has 0 bridgehead atoms. The summed E-state index contributed by atoms with van der Waals surface area (Å²) < 4.78 is 22.4. The van der Waals surface area contributed by atoms with Crippen LogP contribution in [-0.2, 0) is 20.3 Å². The van der Waals surface area contributed by atoms with Crippen molar-refractivity contribution in [2.45, 2.75) is 25.7 Å². The Hall–Kier alpha value is -1.11. The van der Waals surface area contributed by atoms with Crippen molar-refractivity contribution >= 4 is 31.3 Å². The van der Waals surface area contributed by atoms with E-state index in [0.717, 1.165) is 18.7 Å². The molecule has 2 heterocycles. The van der Waals surface area contributed by atoms with E-state index >= 15 is 0 Å². The van der Waals surface area contributed by atoms with E-state index in [2.05, 4.69) is 17.0 Å². The van der Waals surface area contributed by atoms with Gasteiger partial charge in [-0.2, -0.15) is 0 Å². The first-order valence-electron chi connectivity index (χ1n) is 8.45. The normalized spacial score (nSPS) is 22.5. The molecule has 7 heteroatoms. The van der Waals surface area contributed by atoms with Crippen molar-refractivity contribution in [3.63, 3.8) is 0 Å². The third kappa shape index (κ3) is 4.71. The van der Waals surface area contributed by atoms with Gasteiger partial charge in [0, 0.05) is 41.8 Å². The van der Waals surface area contributed by atoms with E-state index in [1.807, 2.05) is 12.1 Å². The van der Waals surface area contributed by atoms with Gasteiger partial charge < -0.3 is 9.80 Å². The molecule has 2 saturated heterocycles. The lowest BCUT2D eigenvalue weighted by molar-refractivity contribution is -0.117. The molecule has 0 N–H and O–H groups in total. The van der Waals surface area contributed by atoms with Crippen molar-refractivity contribution in [1.82, 2.24) is 4.90 Å². The van der Waals surface area contributed by atoms with Crippen LogP contribution in [0, 0.1) is 5.92 Å². The molecule has 2 fully saturated rings. The largest absolute Gasteiger partial charge is 0.312 e. The number of anilines is 1. The smallest absolute Gasteiger partial charge is 0.232 e. The summed E-state index contributed by atoms with van der Waals surface area (Å²) in [5, 5.41) is 0. The molecule has 132 valence electrons. The standard InChI is InChI=1S/C17H23ClN2O3S/c18-24(22,23)13-15-11-17(21)20(12-15)16-5-3-14(4-6-16)7-10-19-8-1-2-9-19/h3-6,15H,1-2,7-13H2. The molecule has 1 amide bonds. The Morgan fingerprint density at radius 3 is 2.42 bits per heavy atom. The fourth-order valence-corrected chi connectivity index (χ4v) is 4.88. The highest BCUT2D eigenvalue weighted by Crippen LogP contribution is 2.27. The van der Waals surface area contributed by atoms with Gasteiger partial charge >= 0.3 is 0 Å². The second kappa shape index (κ2) is 7.42. The molecule has 3 rings (SSSR count). The number of hydrogen-bond donors (Lipinski definition) is 0. The molecule has 1 aromatic carbocycles. The molecule has 0 aliphatic carbocycles. The second-order valence-corrected chi connectivity index (χ2v) is 9.57. The van der Waals surface area contributed by atoms with E-state index in [-0.39, 0.29) is 24.0 Å². The van der Waals surface area contributed by atoms with Crippen LogP contribution in [0.1, 0.15) is 24.8 Å². The Balaban J connectivity index is 1.57. The zero-order valence-corrected chi connectivity index (χ0v) is 15.2. The zero-order chi connectivity index (χ0) is 17.2. The maximum atomic E-state index is 12.1. The van der Waals surface area contributed by atoms with Crippen LogP contribution in [0.25, 0.3) is 0 Å². The first-order valence-corrected chi connectivity index (χ1v) is 10.9. The number of rotatable bonds is 6. The Kier molecular flexibility index (Phi) is 5.47. The molecular weight excluding hydrogens is 348 g/mol. The monoisotopic (exact) mass is 370 g/mol. The quantitative estimate of drug-likeness (QED) is 0.721. The highest BCUT2D eigenvalue weighted by molar-refractivity contribution is 8.13. The zero-order valence-electron chi connectivity index (χ0n) is 13.7. The highest BCUT2D eigenvalue weighted by Gasteiger charge is 2.33. The highest BCUT2D eigenvalue weighted by atomic mass is 35.7. The van der Waals surface area contributed by atoms with Crippen molar-refractivity contribution in [1.29, 1.82) is 0 Å². The van der Waals surface area contributed by atoms with E-state index in [1.54, 1.807) is 4.90 Å². The number of benzene rings is 1. The minimum absolute atomic E-state index is 0.0369. The number of carbonyl (C=O) groups is 1. The van der Waals surface area contributed by atoms with Crippen LogP contribution in [0.4, 0.5) is 5.69 Å². The number of halogens is 1. The maximum Gasteiger partial charge on any atom is 0.232 e. The minimum Gasteiger partial charge on any atom is -0.312 e. The predicted octanol–water partition coefficient (Wildman–Crippen LogP) is 2.25. The van der Waals surface area contributed by atoms with Crippen molar-refractivity contribution in [2.24, 2.45) is 5.92 Å². The topological polar surface area (TPSA) is 57.7 Å². The fourth-order valence-electron chi connectivity index (χ4n) is 3.56. The summed E-state index contributed by atoms with van der Waals surface area (Å²) in [4.78, 5) is 16.3. The Morgan fingerprint density at radius 1 is 1.12 bits per heavy atom. The summed E-state index contributed by atoms with van der Waals surface area (Å²) in [6, 6.07) is 8.03. The van der Waals surface area contributed by atoms with Gasteiger partial charge in [-0.3, -0.25) is 4.79 Å². The van der Waals surface area contributed by atoms with Crippen LogP contribution in [0.2, 0.25) is 0 Å². The molecule has 1 unspecified atom stereocenters. The summed E-state index contributed by atoms with van der Waals surface area (Å²) in [5.41, 5.74) is 2.09. The van der Waals surface area contributed by atoms with Gasteiger partial charge in [-0.05, 0) is 50.0 Å². The van der Waals surface area contributed by atoms with E-state index in [1.165, 1.54) is 31.5 Å². The number of amides is 1. The van der Waals surface area contributed by atoms with Gasteiger partial charge in [-0.15, -0.1) is 0 Å². The molecule has 5 nitrogen and oxygen atoms in total. The van der Waals surface area contributed by atoms with Gasteiger partial charge in [0.15, 0.2) is 0 Å². The summed E-state index contributed by atoms with van der Waals surface area (Å²) in [6.45, 7) is 3.89. The van der Waals surface area contributed by atoms with Crippen molar-refractivity contribution in [3.05, 3.63) is 29.8 Å². The lowest BCUT2D eigenvalue weighted by Crippen LogP contribution is -2.25. The second-order valence-electron chi connectivity index (χ2n) is 6.75. The average Bonchev–Trinajstić information content (AvgIpc) is 3.14. The van der Waals surface area contributed by atoms with Crippen LogP contribution < -0.4 is 4.90 Å². The number of likely N-dealkylation sites (tertiary alicyclic amines) is 1. The fraction of sp³-hybridized carbons (Fsp3) is 0.588. The first kappa shape index (κ1) is 17.7. The Labute approximate surface area is 148 Å². The van der Waals surface area contributed by atoms with E-state index < -0.39 is 9.05 Å². The molecule has 0 spiro atoms. The summed E-state index contributed by atoms with van der Waals surface area (Å²) in [6.07, 6.45) is 3.86.